The molecule has 148 valence electrons. The first-order valence-corrected chi connectivity index (χ1v) is 10.9. The molecule has 0 saturated carbocycles. The molecule has 7 nitrogen and oxygen atoms in total. The van der Waals surface area contributed by atoms with Gasteiger partial charge in [-0.05, 0) is 36.2 Å². The van der Waals surface area contributed by atoms with Crippen LogP contribution in [0.5, 0.6) is 11.5 Å². The Morgan fingerprint density at radius 3 is 2.48 bits per heavy atom. The smallest absolute Gasteiger partial charge is 0.263 e. The van der Waals surface area contributed by atoms with E-state index in [0.29, 0.717) is 35.9 Å². The van der Waals surface area contributed by atoms with E-state index in [9.17, 15) is 13.2 Å². The summed E-state index contributed by atoms with van der Waals surface area (Å²) in [7, 11) is 1.69. The van der Waals surface area contributed by atoms with Crippen molar-refractivity contribution in [2.45, 2.75) is 13.0 Å². The Morgan fingerprint density at radius 1 is 1.15 bits per heavy atom. The van der Waals surface area contributed by atoms with E-state index >= 15 is 0 Å². The predicted octanol–water partition coefficient (Wildman–Crippen LogP) is 2.13. The Labute approximate surface area is 164 Å². The van der Waals surface area contributed by atoms with Gasteiger partial charge in [0.1, 0.15) is 0 Å². The second-order valence-electron chi connectivity index (χ2n) is 6.03. The molecule has 0 bridgehead atoms. The van der Waals surface area contributed by atoms with Crippen molar-refractivity contribution in [2.75, 3.05) is 34.1 Å². The van der Waals surface area contributed by atoms with Crippen LogP contribution < -0.4 is 14.2 Å². The van der Waals surface area contributed by atoms with E-state index in [-0.39, 0.29) is 5.91 Å². The molecule has 1 aromatic carbocycles. The second kappa shape index (κ2) is 9.20. The van der Waals surface area contributed by atoms with Crippen LogP contribution >= 0.6 is 11.3 Å². The Kier molecular flexibility index (Phi) is 7.23. The van der Waals surface area contributed by atoms with E-state index in [0.717, 1.165) is 16.7 Å². The Bertz CT molecular complexity index is 893. The number of carbonyl (C=O) groups is 1. The number of amides is 1. The van der Waals surface area contributed by atoms with Gasteiger partial charge >= 0.3 is 0 Å². The van der Waals surface area contributed by atoms with E-state index in [2.05, 4.69) is 4.72 Å². The van der Waals surface area contributed by atoms with Crippen LogP contribution in [0.1, 0.15) is 20.1 Å². The molecular weight excluding hydrogens is 388 g/mol. The summed E-state index contributed by atoms with van der Waals surface area (Å²) in [6.45, 7) is 0.747. The van der Waals surface area contributed by atoms with Gasteiger partial charge in [-0.25, -0.2) is 13.1 Å². The number of benzene rings is 1. The highest BCUT2D eigenvalue weighted by Gasteiger charge is 2.16. The van der Waals surface area contributed by atoms with Crippen LogP contribution in [0, 0.1) is 0 Å². The fraction of sp³-hybridized carbons (Fsp3) is 0.389. The van der Waals surface area contributed by atoms with Gasteiger partial charge in [0, 0.05) is 25.0 Å². The van der Waals surface area contributed by atoms with Crippen LogP contribution in [0.4, 0.5) is 0 Å². The number of hydrogen-bond acceptors (Lipinski definition) is 6. The lowest BCUT2D eigenvalue weighted by atomic mass is 10.2. The second-order valence-corrected chi connectivity index (χ2v) is 9.03. The number of rotatable bonds is 9. The Balaban J connectivity index is 1.99. The SMILES string of the molecule is COc1ccc(CN(C)C(=O)c2ccc(CCNS(C)(=O)=O)s2)cc1OC. The van der Waals surface area contributed by atoms with E-state index in [1.807, 2.05) is 24.3 Å². The van der Waals surface area contributed by atoms with Crippen LogP contribution in [-0.4, -0.2) is 53.3 Å². The lowest BCUT2D eigenvalue weighted by Gasteiger charge is -2.17. The molecule has 0 unspecified atom stereocenters. The minimum atomic E-state index is -3.20. The molecule has 1 heterocycles. The third kappa shape index (κ3) is 6.23. The maximum absolute atomic E-state index is 12.6. The topological polar surface area (TPSA) is 84.9 Å². The fourth-order valence-corrected chi connectivity index (χ4v) is 3.97. The first-order chi connectivity index (χ1) is 12.7. The van der Waals surface area contributed by atoms with Crippen LogP contribution in [0.25, 0.3) is 0 Å². The summed E-state index contributed by atoms with van der Waals surface area (Å²) >= 11 is 1.37. The number of sulfonamides is 1. The highest BCUT2D eigenvalue weighted by atomic mass is 32.2. The third-order valence-electron chi connectivity index (χ3n) is 3.82. The van der Waals surface area contributed by atoms with Crippen LogP contribution in [0.2, 0.25) is 0 Å². The molecule has 0 spiro atoms. The maximum Gasteiger partial charge on any atom is 0.263 e. The minimum absolute atomic E-state index is 0.0860. The Morgan fingerprint density at radius 2 is 1.85 bits per heavy atom. The van der Waals surface area contributed by atoms with Crippen LogP contribution in [0.3, 0.4) is 0 Å². The van der Waals surface area contributed by atoms with Gasteiger partial charge < -0.3 is 14.4 Å². The quantitative estimate of drug-likeness (QED) is 0.682. The largest absolute Gasteiger partial charge is 0.493 e. The molecule has 0 saturated heterocycles. The molecule has 0 atom stereocenters. The van der Waals surface area contributed by atoms with Gasteiger partial charge in [-0.2, -0.15) is 0 Å². The highest BCUT2D eigenvalue weighted by Crippen LogP contribution is 2.28. The van der Waals surface area contributed by atoms with Gasteiger partial charge in [-0.1, -0.05) is 6.07 Å². The van der Waals surface area contributed by atoms with Gasteiger partial charge in [0.15, 0.2) is 11.5 Å². The lowest BCUT2D eigenvalue weighted by molar-refractivity contribution is 0.0789. The summed E-state index contributed by atoms with van der Waals surface area (Å²) in [4.78, 5) is 15.8. The number of nitrogens with zero attached hydrogens (tertiary/aromatic N) is 1. The molecule has 9 heteroatoms. The van der Waals surface area contributed by atoms with Crippen molar-refractivity contribution in [2.24, 2.45) is 0 Å². The van der Waals surface area contributed by atoms with Crippen molar-refractivity contribution < 1.29 is 22.7 Å². The molecule has 2 rings (SSSR count). The molecule has 0 aliphatic heterocycles. The summed E-state index contributed by atoms with van der Waals surface area (Å²) in [5.41, 5.74) is 0.928. The highest BCUT2D eigenvalue weighted by molar-refractivity contribution is 7.88. The standard InChI is InChI=1S/C18H24N2O5S2/c1-20(12-13-5-7-15(24-2)16(11-13)25-3)18(21)17-8-6-14(26-17)9-10-19-27(4,22)23/h5-8,11,19H,9-10,12H2,1-4H3. The number of carbonyl (C=O) groups excluding carboxylic acids is 1. The minimum Gasteiger partial charge on any atom is -0.493 e. The molecular formula is C18H24N2O5S2. The van der Waals surface area contributed by atoms with E-state index in [1.54, 1.807) is 32.2 Å². The van der Waals surface area contributed by atoms with E-state index in [1.165, 1.54) is 11.3 Å². The number of ether oxygens (including phenoxy) is 2. The monoisotopic (exact) mass is 412 g/mol. The predicted molar refractivity (Wildman–Crippen MR) is 106 cm³/mol. The van der Waals surface area contributed by atoms with Crippen molar-refractivity contribution in [1.82, 2.24) is 9.62 Å². The van der Waals surface area contributed by atoms with Gasteiger partial charge in [0.25, 0.3) is 5.91 Å². The zero-order valence-electron chi connectivity index (χ0n) is 15.8. The summed E-state index contributed by atoms with van der Waals surface area (Å²) in [5.74, 6) is 1.17. The molecule has 1 N–H and O–H groups in total. The summed E-state index contributed by atoms with van der Waals surface area (Å²) in [6.07, 6.45) is 1.67. The number of hydrogen-bond donors (Lipinski definition) is 1. The molecule has 27 heavy (non-hydrogen) atoms. The van der Waals surface area contributed by atoms with E-state index in [4.69, 9.17) is 9.47 Å². The third-order valence-corrected chi connectivity index (χ3v) is 5.68. The van der Waals surface area contributed by atoms with Crippen molar-refractivity contribution in [3.63, 3.8) is 0 Å². The Hall–Kier alpha value is -2.10. The maximum atomic E-state index is 12.6. The lowest BCUT2D eigenvalue weighted by Crippen LogP contribution is -2.25. The van der Waals surface area contributed by atoms with Crippen LogP contribution in [-0.2, 0) is 23.0 Å². The van der Waals surface area contributed by atoms with Crippen molar-refractivity contribution >= 4 is 27.3 Å². The molecule has 0 aliphatic rings. The summed E-state index contributed by atoms with van der Waals surface area (Å²) < 4.78 is 35.2. The average molecular weight is 413 g/mol. The van der Waals surface area contributed by atoms with Crippen molar-refractivity contribution in [3.8, 4) is 11.5 Å². The zero-order valence-corrected chi connectivity index (χ0v) is 17.4. The zero-order chi connectivity index (χ0) is 20.0. The normalized spacial score (nSPS) is 11.3. The molecule has 0 radical (unpaired) electrons. The van der Waals surface area contributed by atoms with Gasteiger partial charge in [0.2, 0.25) is 10.0 Å². The van der Waals surface area contributed by atoms with E-state index < -0.39 is 10.0 Å². The molecule has 2 aromatic rings. The number of methoxy groups -OCH3 is 2. The van der Waals surface area contributed by atoms with Crippen molar-refractivity contribution in [1.29, 1.82) is 0 Å². The molecule has 1 aromatic heterocycles. The number of thiophene rings is 1. The first kappa shape index (κ1) is 21.2. The van der Waals surface area contributed by atoms with Crippen molar-refractivity contribution in [3.05, 3.63) is 45.6 Å². The number of nitrogens with one attached hydrogen (secondary N) is 1. The van der Waals surface area contributed by atoms with Crippen LogP contribution in [0.15, 0.2) is 30.3 Å². The van der Waals surface area contributed by atoms with Gasteiger partial charge in [0.05, 0.1) is 25.4 Å². The fourth-order valence-electron chi connectivity index (χ4n) is 2.50. The molecule has 0 fully saturated rings. The molecule has 1 amide bonds. The molecule has 0 aliphatic carbocycles. The van der Waals surface area contributed by atoms with Gasteiger partial charge in [-0.3, -0.25) is 4.79 Å². The summed E-state index contributed by atoms with van der Waals surface area (Å²) in [6, 6.07) is 9.17. The van der Waals surface area contributed by atoms with Gasteiger partial charge in [-0.15, -0.1) is 11.3 Å². The first-order valence-electron chi connectivity index (χ1n) is 8.23. The summed E-state index contributed by atoms with van der Waals surface area (Å²) in [5, 5.41) is 0. The average Bonchev–Trinajstić information content (AvgIpc) is 3.08.